The van der Waals surface area contributed by atoms with E-state index in [2.05, 4.69) is 53.9 Å². The third-order valence-corrected chi connectivity index (χ3v) is 5.31. The molecule has 3 nitrogen and oxygen atoms in total. The maximum atomic E-state index is 14.5. The molecule has 4 rings (SSSR count). The molecule has 0 aliphatic rings. The van der Waals surface area contributed by atoms with E-state index in [9.17, 15) is 4.39 Å². The van der Waals surface area contributed by atoms with Gasteiger partial charge in [-0.3, -0.25) is 4.98 Å². The normalized spacial score (nSPS) is 12.2. The van der Waals surface area contributed by atoms with Gasteiger partial charge in [0.1, 0.15) is 18.2 Å². The SMILES string of the molecule is CCCC(c1ccncc1F)n1cc(C)c2cc(OCc3ccccc3)ccc21. The van der Waals surface area contributed by atoms with E-state index in [1.807, 2.05) is 24.3 Å². The topological polar surface area (TPSA) is 27.1 Å². The summed E-state index contributed by atoms with van der Waals surface area (Å²) in [4.78, 5) is 3.90. The van der Waals surface area contributed by atoms with Gasteiger partial charge in [-0.15, -0.1) is 0 Å². The average molecular weight is 388 g/mol. The molecule has 2 heterocycles. The third-order valence-electron chi connectivity index (χ3n) is 5.31. The van der Waals surface area contributed by atoms with Crippen molar-refractivity contribution in [3.05, 3.63) is 95.7 Å². The molecular weight excluding hydrogens is 363 g/mol. The van der Waals surface area contributed by atoms with Gasteiger partial charge in [0.05, 0.1) is 12.2 Å². The smallest absolute Gasteiger partial charge is 0.146 e. The van der Waals surface area contributed by atoms with Crippen LogP contribution in [-0.4, -0.2) is 9.55 Å². The van der Waals surface area contributed by atoms with Crippen LogP contribution in [0.5, 0.6) is 5.75 Å². The number of halogens is 1. The van der Waals surface area contributed by atoms with Gasteiger partial charge in [-0.25, -0.2) is 4.39 Å². The summed E-state index contributed by atoms with van der Waals surface area (Å²) in [7, 11) is 0. The van der Waals surface area contributed by atoms with Gasteiger partial charge in [-0.2, -0.15) is 0 Å². The van der Waals surface area contributed by atoms with Gasteiger partial charge < -0.3 is 9.30 Å². The molecule has 0 spiro atoms. The van der Waals surface area contributed by atoms with Gasteiger partial charge in [0, 0.05) is 28.9 Å². The lowest BCUT2D eigenvalue weighted by Crippen LogP contribution is -2.11. The Labute approximate surface area is 170 Å². The van der Waals surface area contributed by atoms with Crippen LogP contribution in [0.15, 0.2) is 73.2 Å². The van der Waals surface area contributed by atoms with E-state index in [1.165, 1.54) is 6.20 Å². The second-order valence-corrected chi connectivity index (χ2v) is 7.37. The number of rotatable bonds is 7. The highest BCUT2D eigenvalue weighted by Crippen LogP contribution is 2.33. The number of benzene rings is 2. The maximum Gasteiger partial charge on any atom is 0.146 e. The molecule has 4 heteroatoms. The Morgan fingerprint density at radius 2 is 1.93 bits per heavy atom. The first-order chi connectivity index (χ1) is 14.2. The highest BCUT2D eigenvalue weighted by Gasteiger charge is 2.20. The van der Waals surface area contributed by atoms with Crippen LogP contribution in [0.3, 0.4) is 0 Å². The molecule has 0 saturated heterocycles. The van der Waals surface area contributed by atoms with Gasteiger partial charge in [0.15, 0.2) is 0 Å². The number of fused-ring (bicyclic) bond motifs is 1. The van der Waals surface area contributed by atoms with Crippen LogP contribution in [0.25, 0.3) is 10.9 Å². The minimum Gasteiger partial charge on any atom is -0.489 e. The van der Waals surface area contributed by atoms with E-state index >= 15 is 0 Å². The van der Waals surface area contributed by atoms with E-state index in [-0.39, 0.29) is 11.9 Å². The predicted octanol–water partition coefficient (Wildman–Crippen LogP) is 6.45. The number of nitrogens with zero attached hydrogens (tertiary/aromatic N) is 2. The zero-order chi connectivity index (χ0) is 20.2. The highest BCUT2D eigenvalue weighted by molar-refractivity contribution is 5.85. The fourth-order valence-corrected chi connectivity index (χ4v) is 3.87. The van der Waals surface area contributed by atoms with Crippen molar-refractivity contribution < 1.29 is 9.13 Å². The second-order valence-electron chi connectivity index (χ2n) is 7.37. The van der Waals surface area contributed by atoms with E-state index in [0.717, 1.165) is 40.6 Å². The van der Waals surface area contributed by atoms with Crippen molar-refractivity contribution in [1.29, 1.82) is 0 Å². The van der Waals surface area contributed by atoms with E-state index < -0.39 is 0 Å². The lowest BCUT2D eigenvalue weighted by Gasteiger charge is -2.21. The Bertz CT molecular complexity index is 1100. The van der Waals surface area contributed by atoms with Crippen molar-refractivity contribution in [2.24, 2.45) is 0 Å². The Morgan fingerprint density at radius 3 is 2.69 bits per heavy atom. The zero-order valence-corrected chi connectivity index (χ0v) is 16.8. The molecule has 0 N–H and O–H groups in total. The lowest BCUT2D eigenvalue weighted by molar-refractivity contribution is 0.306. The summed E-state index contributed by atoms with van der Waals surface area (Å²) < 4.78 is 22.7. The molecule has 0 aliphatic heterocycles. The summed E-state index contributed by atoms with van der Waals surface area (Å²) in [5, 5.41) is 1.13. The van der Waals surface area contributed by atoms with E-state index in [0.29, 0.717) is 12.2 Å². The molecule has 4 aromatic rings. The van der Waals surface area contributed by atoms with Crippen molar-refractivity contribution in [3.63, 3.8) is 0 Å². The quantitative estimate of drug-likeness (QED) is 0.364. The Kier molecular flexibility index (Phi) is 5.61. The summed E-state index contributed by atoms with van der Waals surface area (Å²) >= 11 is 0. The first kappa shape index (κ1) is 19.2. The largest absolute Gasteiger partial charge is 0.489 e. The molecule has 0 saturated carbocycles. The number of ether oxygens (including phenoxy) is 1. The lowest BCUT2D eigenvalue weighted by atomic mass is 10.0. The van der Waals surface area contributed by atoms with Crippen molar-refractivity contribution in [1.82, 2.24) is 9.55 Å². The van der Waals surface area contributed by atoms with Crippen LogP contribution < -0.4 is 4.74 Å². The monoisotopic (exact) mass is 388 g/mol. The molecule has 148 valence electrons. The average Bonchev–Trinajstić information content (AvgIpc) is 3.08. The Balaban J connectivity index is 1.68. The number of aromatic nitrogens is 2. The van der Waals surface area contributed by atoms with Crippen molar-refractivity contribution >= 4 is 10.9 Å². The Morgan fingerprint density at radius 1 is 1.10 bits per heavy atom. The van der Waals surface area contributed by atoms with Gasteiger partial charge in [-0.1, -0.05) is 43.7 Å². The maximum absolute atomic E-state index is 14.5. The minimum absolute atomic E-state index is 0.0599. The molecule has 1 unspecified atom stereocenters. The first-order valence-corrected chi connectivity index (χ1v) is 10.0. The molecule has 0 radical (unpaired) electrons. The summed E-state index contributed by atoms with van der Waals surface area (Å²) in [5.41, 5.74) is 4.06. The predicted molar refractivity (Wildman–Crippen MR) is 115 cm³/mol. The van der Waals surface area contributed by atoms with Gasteiger partial charge in [0.25, 0.3) is 0 Å². The number of aryl methyl sites for hydroxylation is 1. The summed E-state index contributed by atoms with van der Waals surface area (Å²) in [6.45, 7) is 4.75. The fourth-order valence-electron chi connectivity index (χ4n) is 3.87. The molecule has 0 aliphatic carbocycles. The standard InChI is InChI=1S/C25H25FN2O/c1-3-7-24(21-12-13-27-15-23(21)26)28-16-18(2)22-14-20(10-11-25(22)28)29-17-19-8-5-4-6-9-19/h4-6,8-16,24H,3,7,17H2,1-2H3. The number of pyridine rings is 1. The third kappa shape index (κ3) is 4.02. The molecule has 29 heavy (non-hydrogen) atoms. The summed E-state index contributed by atoms with van der Waals surface area (Å²) in [5.74, 6) is 0.581. The fraction of sp³-hybridized carbons (Fsp3) is 0.240. The molecule has 2 aromatic carbocycles. The Hall–Kier alpha value is -3.14. The molecule has 0 amide bonds. The zero-order valence-electron chi connectivity index (χ0n) is 16.8. The van der Waals surface area contributed by atoms with Crippen LogP contribution >= 0.6 is 0 Å². The van der Waals surface area contributed by atoms with E-state index in [4.69, 9.17) is 4.74 Å². The molecule has 0 bridgehead atoms. The van der Waals surface area contributed by atoms with Gasteiger partial charge in [0.2, 0.25) is 0 Å². The molecule has 1 atom stereocenters. The molecule has 2 aromatic heterocycles. The van der Waals surface area contributed by atoms with Crippen LogP contribution in [0.4, 0.5) is 4.39 Å². The molecular formula is C25H25FN2O. The van der Waals surface area contributed by atoms with Crippen molar-refractivity contribution in [3.8, 4) is 5.75 Å². The van der Waals surface area contributed by atoms with Crippen LogP contribution in [0, 0.1) is 12.7 Å². The van der Waals surface area contributed by atoms with Crippen LogP contribution in [0.1, 0.15) is 42.5 Å². The number of hydrogen-bond donors (Lipinski definition) is 0. The number of hydrogen-bond acceptors (Lipinski definition) is 2. The van der Waals surface area contributed by atoms with Gasteiger partial charge in [-0.05, 0) is 48.7 Å². The van der Waals surface area contributed by atoms with Crippen LogP contribution in [0.2, 0.25) is 0 Å². The summed E-state index contributed by atoms with van der Waals surface area (Å²) in [6, 6.07) is 18.0. The van der Waals surface area contributed by atoms with E-state index in [1.54, 1.807) is 12.3 Å². The molecule has 0 fully saturated rings. The van der Waals surface area contributed by atoms with Crippen molar-refractivity contribution in [2.45, 2.75) is 39.3 Å². The summed E-state index contributed by atoms with van der Waals surface area (Å²) in [6.07, 6.45) is 6.90. The highest BCUT2D eigenvalue weighted by atomic mass is 19.1. The minimum atomic E-state index is -0.256. The second kappa shape index (κ2) is 8.48. The first-order valence-electron chi connectivity index (χ1n) is 10.0. The van der Waals surface area contributed by atoms with Crippen molar-refractivity contribution in [2.75, 3.05) is 0 Å². The van der Waals surface area contributed by atoms with Gasteiger partial charge >= 0.3 is 0 Å². The van der Waals surface area contributed by atoms with Crippen LogP contribution in [-0.2, 0) is 6.61 Å².